The number of fused-ring (bicyclic) bond motifs is 1. The molecule has 1 aromatic rings. The van der Waals surface area contributed by atoms with Crippen LogP contribution in [0, 0.1) is 5.41 Å². The van der Waals surface area contributed by atoms with Gasteiger partial charge in [0.25, 0.3) is 0 Å². The van der Waals surface area contributed by atoms with E-state index in [2.05, 4.69) is 4.72 Å². The van der Waals surface area contributed by atoms with Crippen LogP contribution in [0.2, 0.25) is 0 Å². The van der Waals surface area contributed by atoms with Crippen molar-refractivity contribution < 1.29 is 18.0 Å². The third-order valence-corrected chi connectivity index (χ3v) is 7.78. The van der Waals surface area contributed by atoms with Gasteiger partial charge in [-0.2, -0.15) is 4.72 Å². The Balaban J connectivity index is 1.44. The van der Waals surface area contributed by atoms with E-state index in [-0.39, 0.29) is 22.1 Å². The first kappa shape index (κ1) is 18.4. The predicted molar refractivity (Wildman–Crippen MR) is 99.4 cm³/mol. The summed E-state index contributed by atoms with van der Waals surface area (Å²) in [6.45, 7) is 4.63. The summed E-state index contributed by atoms with van der Waals surface area (Å²) in [6, 6.07) is 6.06. The number of carbonyl (C=O) groups is 2. The highest BCUT2D eigenvalue weighted by Crippen LogP contribution is 2.41. The van der Waals surface area contributed by atoms with Gasteiger partial charge in [0.05, 0.1) is 4.90 Å². The number of benzene rings is 1. The molecule has 146 valence electrons. The fourth-order valence-corrected chi connectivity index (χ4v) is 6.05. The summed E-state index contributed by atoms with van der Waals surface area (Å²) in [5.41, 5.74) is 0.658. The molecule has 1 atom stereocenters. The van der Waals surface area contributed by atoms with Crippen LogP contribution in [0.25, 0.3) is 0 Å². The lowest BCUT2D eigenvalue weighted by atomic mass is 9.77. The molecule has 2 saturated heterocycles. The third-order valence-electron chi connectivity index (χ3n) is 6.20. The summed E-state index contributed by atoms with van der Waals surface area (Å²) in [5, 5.41) is 0. The van der Waals surface area contributed by atoms with E-state index in [0.29, 0.717) is 31.5 Å². The average molecular weight is 391 g/mol. The van der Waals surface area contributed by atoms with Crippen LogP contribution in [0.3, 0.4) is 0 Å². The molecule has 3 heterocycles. The molecular weight excluding hydrogens is 366 g/mol. The highest BCUT2D eigenvalue weighted by atomic mass is 32.2. The van der Waals surface area contributed by atoms with E-state index in [1.807, 2.05) is 11.8 Å². The minimum Gasteiger partial charge on any atom is -0.342 e. The molecule has 7 nitrogen and oxygen atoms in total. The Morgan fingerprint density at radius 1 is 1.26 bits per heavy atom. The molecule has 0 radical (unpaired) electrons. The Morgan fingerprint density at radius 2 is 1.96 bits per heavy atom. The molecule has 1 spiro atoms. The predicted octanol–water partition coefficient (Wildman–Crippen LogP) is 0.751. The van der Waals surface area contributed by atoms with Gasteiger partial charge in [0.15, 0.2) is 0 Å². The molecule has 3 aliphatic rings. The van der Waals surface area contributed by atoms with Crippen molar-refractivity contribution >= 4 is 21.8 Å². The van der Waals surface area contributed by atoms with Gasteiger partial charge in [0.2, 0.25) is 21.8 Å². The van der Waals surface area contributed by atoms with Crippen molar-refractivity contribution in [1.29, 1.82) is 0 Å². The summed E-state index contributed by atoms with van der Waals surface area (Å²) < 4.78 is 27.5. The second kappa shape index (κ2) is 6.60. The first-order chi connectivity index (χ1) is 12.8. The Morgan fingerprint density at radius 3 is 2.63 bits per heavy atom. The van der Waals surface area contributed by atoms with Gasteiger partial charge in [0.1, 0.15) is 6.04 Å². The van der Waals surface area contributed by atoms with E-state index < -0.39 is 16.1 Å². The summed E-state index contributed by atoms with van der Waals surface area (Å²) >= 11 is 0. The molecular formula is C19H25N3O4S. The summed E-state index contributed by atoms with van der Waals surface area (Å²) in [6.07, 6.45) is 2.51. The van der Waals surface area contributed by atoms with Gasteiger partial charge in [-0.25, -0.2) is 8.42 Å². The summed E-state index contributed by atoms with van der Waals surface area (Å²) in [4.78, 5) is 29.0. The van der Waals surface area contributed by atoms with Gasteiger partial charge in [-0.15, -0.1) is 0 Å². The van der Waals surface area contributed by atoms with E-state index in [0.717, 1.165) is 25.9 Å². The van der Waals surface area contributed by atoms with Crippen molar-refractivity contribution in [3.05, 3.63) is 29.8 Å². The second-order valence-electron chi connectivity index (χ2n) is 7.90. The van der Waals surface area contributed by atoms with Gasteiger partial charge in [-0.3, -0.25) is 9.59 Å². The molecule has 0 saturated carbocycles. The average Bonchev–Trinajstić information content (AvgIpc) is 2.96. The number of hydrogen-bond donors (Lipinski definition) is 1. The molecule has 0 bridgehead atoms. The smallest absolute Gasteiger partial charge is 0.241 e. The topological polar surface area (TPSA) is 86.8 Å². The Labute approximate surface area is 159 Å². The number of piperidine rings is 1. The van der Waals surface area contributed by atoms with Gasteiger partial charge >= 0.3 is 0 Å². The van der Waals surface area contributed by atoms with Crippen LogP contribution < -0.4 is 4.72 Å². The number of nitrogens with one attached hydrogen (secondary N) is 1. The molecule has 8 heteroatoms. The lowest BCUT2D eigenvalue weighted by molar-refractivity contribution is -0.135. The Kier molecular flexibility index (Phi) is 4.50. The summed E-state index contributed by atoms with van der Waals surface area (Å²) in [5.74, 6) is 0.0357. The third kappa shape index (κ3) is 3.25. The van der Waals surface area contributed by atoms with Gasteiger partial charge in [-0.1, -0.05) is 18.2 Å². The number of sulfonamides is 1. The van der Waals surface area contributed by atoms with Crippen LogP contribution in [0.1, 0.15) is 31.7 Å². The maximum absolute atomic E-state index is 13.0. The molecule has 0 aliphatic carbocycles. The monoisotopic (exact) mass is 391 g/mol. The number of hydrogen-bond acceptors (Lipinski definition) is 4. The van der Waals surface area contributed by atoms with Crippen LogP contribution in [-0.2, 0) is 26.0 Å². The first-order valence-electron chi connectivity index (χ1n) is 9.50. The fraction of sp³-hybridized carbons (Fsp3) is 0.579. The van der Waals surface area contributed by atoms with Crippen molar-refractivity contribution in [2.75, 3.05) is 26.2 Å². The SMILES string of the molecule is CCN1CC2(CCN(C(=O)[C@H]3Cc4ccccc4S(=O)(=O)N3)CC2)CC1=O. The molecule has 27 heavy (non-hydrogen) atoms. The first-order valence-corrected chi connectivity index (χ1v) is 11.0. The fourth-order valence-electron chi connectivity index (χ4n) is 4.61. The molecule has 2 amide bonds. The number of carbonyl (C=O) groups excluding carboxylic acids is 2. The van der Waals surface area contributed by atoms with Crippen LogP contribution in [0.5, 0.6) is 0 Å². The van der Waals surface area contributed by atoms with Gasteiger partial charge < -0.3 is 9.80 Å². The van der Waals surface area contributed by atoms with Crippen LogP contribution in [0.4, 0.5) is 0 Å². The van der Waals surface area contributed by atoms with Crippen molar-refractivity contribution in [3.63, 3.8) is 0 Å². The lowest BCUT2D eigenvalue weighted by Crippen LogP contribution is -2.54. The maximum Gasteiger partial charge on any atom is 0.241 e. The Hall–Kier alpha value is -1.93. The van der Waals surface area contributed by atoms with E-state index in [1.54, 1.807) is 29.2 Å². The lowest BCUT2D eigenvalue weighted by Gasteiger charge is -2.40. The van der Waals surface area contributed by atoms with Crippen LogP contribution in [-0.4, -0.2) is 62.3 Å². The van der Waals surface area contributed by atoms with Crippen molar-refractivity contribution in [2.24, 2.45) is 5.41 Å². The zero-order valence-electron chi connectivity index (χ0n) is 15.5. The Bertz CT molecular complexity index is 875. The molecule has 1 aromatic carbocycles. The number of nitrogens with zero attached hydrogens (tertiary/aromatic N) is 2. The largest absolute Gasteiger partial charge is 0.342 e. The van der Waals surface area contributed by atoms with Crippen molar-refractivity contribution in [2.45, 2.75) is 43.5 Å². The normalized spacial score (nSPS) is 26.3. The zero-order chi connectivity index (χ0) is 19.2. The molecule has 4 rings (SSSR count). The molecule has 2 fully saturated rings. The van der Waals surface area contributed by atoms with Crippen LogP contribution in [0.15, 0.2) is 29.2 Å². The van der Waals surface area contributed by atoms with Gasteiger partial charge in [-0.05, 0) is 37.8 Å². The van der Waals surface area contributed by atoms with E-state index in [4.69, 9.17) is 0 Å². The number of amides is 2. The minimum atomic E-state index is -3.66. The van der Waals surface area contributed by atoms with Crippen molar-refractivity contribution in [1.82, 2.24) is 14.5 Å². The van der Waals surface area contributed by atoms with Gasteiger partial charge in [0, 0.05) is 38.0 Å². The quantitative estimate of drug-likeness (QED) is 0.806. The maximum atomic E-state index is 13.0. The standard InChI is InChI=1S/C19H25N3O4S/c1-2-21-13-19(12-17(21)23)7-9-22(10-8-19)18(24)15-11-14-5-3-4-6-16(14)27(25,26)20-15/h3-6,15,20H,2,7-13H2,1H3/t15-/m1/s1. The highest BCUT2D eigenvalue weighted by Gasteiger charge is 2.46. The number of likely N-dealkylation sites (tertiary alicyclic amines) is 2. The van der Waals surface area contributed by atoms with E-state index in [1.165, 1.54) is 0 Å². The van der Waals surface area contributed by atoms with E-state index >= 15 is 0 Å². The highest BCUT2D eigenvalue weighted by molar-refractivity contribution is 7.89. The molecule has 3 aliphatic heterocycles. The van der Waals surface area contributed by atoms with Crippen LogP contribution >= 0.6 is 0 Å². The van der Waals surface area contributed by atoms with E-state index in [9.17, 15) is 18.0 Å². The number of rotatable bonds is 2. The molecule has 0 aromatic heterocycles. The van der Waals surface area contributed by atoms with Crippen molar-refractivity contribution in [3.8, 4) is 0 Å². The summed E-state index contributed by atoms with van der Waals surface area (Å²) in [7, 11) is -3.66. The minimum absolute atomic E-state index is 0.0253. The molecule has 1 N–H and O–H groups in total. The second-order valence-corrected chi connectivity index (χ2v) is 9.58. The zero-order valence-corrected chi connectivity index (χ0v) is 16.3. The molecule has 0 unspecified atom stereocenters.